The molecule has 2 aromatic rings. The van der Waals surface area contributed by atoms with Crippen molar-refractivity contribution >= 4 is 30.0 Å². The first-order valence-electron chi connectivity index (χ1n) is 8.89. The average Bonchev–Trinajstić information content (AvgIpc) is 3.12. The first-order chi connectivity index (χ1) is 13.7. The summed E-state index contributed by atoms with van der Waals surface area (Å²) in [5.74, 6) is -2.12. The van der Waals surface area contributed by atoms with Crippen LogP contribution in [0.3, 0.4) is 0 Å². The van der Waals surface area contributed by atoms with E-state index in [2.05, 4.69) is 14.6 Å². The van der Waals surface area contributed by atoms with Crippen molar-refractivity contribution in [2.75, 3.05) is 14.2 Å². The van der Waals surface area contributed by atoms with Crippen molar-refractivity contribution in [1.82, 2.24) is 9.61 Å². The Morgan fingerprint density at radius 1 is 1.03 bits per heavy atom. The predicted octanol–water partition coefficient (Wildman–Crippen LogP) is 2.23. The highest BCUT2D eigenvalue weighted by Gasteiger charge is 2.52. The molecular weight excluding hydrogens is 408 g/mol. The molecule has 0 spiro atoms. The minimum absolute atomic E-state index is 0.00921. The Kier molecular flexibility index (Phi) is 5.14. The number of esters is 2. The highest BCUT2D eigenvalue weighted by Crippen LogP contribution is 2.37. The Morgan fingerprint density at radius 2 is 1.57 bits per heavy atom. The van der Waals surface area contributed by atoms with E-state index in [-0.39, 0.29) is 11.0 Å². The molecule has 0 aliphatic carbocycles. The number of methoxy groups -OCH3 is 2. The number of alkyl halides is 3. The molecule has 0 saturated carbocycles. The standard InChI is InChI=1S/C18H20BF3N2O6/c1-16(2)17(3,4)30-19(29-16)9-7-10-12(14(25)27-5)13(15(26)28-6)23-24(10)11(8-9)18(20,21)22/h7-8H,1-6H3. The molecular formula is C18H20BF3N2O6. The largest absolute Gasteiger partial charge is 0.494 e. The van der Waals surface area contributed by atoms with Gasteiger partial charge in [0, 0.05) is 0 Å². The van der Waals surface area contributed by atoms with Gasteiger partial charge in [0.05, 0.1) is 30.9 Å². The molecule has 0 unspecified atom stereocenters. The Bertz CT molecular complexity index is 1020. The van der Waals surface area contributed by atoms with Crippen molar-refractivity contribution in [3.63, 3.8) is 0 Å². The second-order valence-electron chi connectivity index (χ2n) is 7.76. The lowest BCUT2D eigenvalue weighted by atomic mass is 9.78. The third kappa shape index (κ3) is 3.43. The molecule has 0 radical (unpaired) electrons. The van der Waals surface area contributed by atoms with Gasteiger partial charge >= 0.3 is 25.2 Å². The van der Waals surface area contributed by atoms with E-state index < -0.39 is 53.4 Å². The van der Waals surface area contributed by atoms with Gasteiger partial charge in [-0.3, -0.25) is 0 Å². The number of aromatic nitrogens is 2. The van der Waals surface area contributed by atoms with E-state index in [1.807, 2.05) is 0 Å². The molecule has 0 aromatic carbocycles. The molecule has 1 fully saturated rings. The minimum atomic E-state index is -4.86. The topological polar surface area (TPSA) is 88.4 Å². The summed E-state index contributed by atoms with van der Waals surface area (Å²) in [4.78, 5) is 24.4. The summed E-state index contributed by atoms with van der Waals surface area (Å²) < 4.78 is 62.8. The number of nitrogens with zero attached hydrogens (tertiary/aromatic N) is 2. The van der Waals surface area contributed by atoms with E-state index in [0.29, 0.717) is 4.52 Å². The van der Waals surface area contributed by atoms with E-state index in [1.54, 1.807) is 27.7 Å². The third-order valence-corrected chi connectivity index (χ3v) is 5.34. The first kappa shape index (κ1) is 22.1. The van der Waals surface area contributed by atoms with Crippen molar-refractivity contribution in [3.05, 3.63) is 29.1 Å². The van der Waals surface area contributed by atoms with E-state index in [0.717, 1.165) is 20.3 Å². The van der Waals surface area contributed by atoms with Gasteiger partial charge in [0.15, 0.2) is 5.69 Å². The molecule has 0 amide bonds. The maximum Gasteiger partial charge on any atom is 0.494 e. The highest BCUT2D eigenvalue weighted by molar-refractivity contribution is 6.62. The molecule has 0 bridgehead atoms. The van der Waals surface area contributed by atoms with Crippen molar-refractivity contribution in [2.45, 2.75) is 45.1 Å². The summed E-state index contributed by atoms with van der Waals surface area (Å²) in [5, 5.41) is 3.68. The van der Waals surface area contributed by atoms with Crippen LogP contribution >= 0.6 is 0 Å². The third-order valence-electron chi connectivity index (χ3n) is 5.34. The second kappa shape index (κ2) is 6.98. The van der Waals surface area contributed by atoms with Gasteiger partial charge in [-0.05, 0) is 45.3 Å². The number of halogens is 3. The maximum atomic E-state index is 13.8. The molecule has 162 valence electrons. The fraction of sp³-hybridized carbons (Fsp3) is 0.500. The predicted molar refractivity (Wildman–Crippen MR) is 98.6 cm³/mol. The van der Waals surface area contributed by atoms with Gasteiger partial charge in [-0.2, -0.15) is 18.3 Å². The monoisotopic (exact) mass is 428 g/mol. The zero-order valence-electron chi connectivity index (χ0n) is 17.2. The Hall–Kier alpha value is -2.60. The SMILES string of the molecule is COC(=O)c1nn2c(C(F)(F)F)cc(B3OC(C)(C)C(C)(C)O3)cc2c1C(=O)OC. The Balaban J connectivity index is 2.32. The van der Waals surface area contributed by atoms with E-state index >= 15 is 0 Å². The molecule has 12 heteroatoms. The maximum absolute atomic E-state index is 13.8. The Morgan fingerprint density at radius 3 is 2.03 bits per heavy atom. The van der Waals surface area contributed by atoms with Gasteiger partial charge in [-0.25, -0.2) is 14.1 Å². The lowest BCUT2D eigenvalue weighted by molar-refractivity contribution is -0.142. The van der Waals surface area contributed by atoms with Crippen LogP contribution in [0.15, 0.2) is 12.1 Å². The summed E-state index contributed by atoms with van der Waals surface area (Å²) in [6, 6.07) is 2.06. The van der Waals surface area contributed by atoms with Crippen LogP contribution in [0.2, 0.25) is 0 Å². The molecule has 8 nitrogen and oxygen atoms in total. The summed E-state index contributed by atoms with van der Waals surface area (Å²) in [6.45, 7) is 7.02. The normalized spacial score (nSPS) is 18.0. The molecule has 0 atom stereocenters. The molecule has 1 saturated heterocycles. The van der Waals surface area contributed by atoms with Gasteiger partial charge in [-0.15, -0.1) is 0 Å². The molecule has 3 rings (SSSR count). The van der Waals surface area contributed by atoms with Crippen LogP contribution in [0.5, 0.6) is 0 Å². The number of fused-ring (bicyclic) bond motifs is 1. The summed E-state index contributed by atoms with van der Waals surface area (Å²) in [7, 11) is 0.923. The second-order valence-corrected chi connectivity index (χ2v) is 7.76. The van der Waals surface area contributed by atoms with Crippen LogP contribution in [0.1, 0.15) is 54.2 Å². The summed E-state index contributed by atoms with van der Waals surface area (Å²) in [6.07, 6.45) is -4.86. The van der Waals surface area contributed by atoms with E-state index in [4.69, 9.17) is 9.31 Å². The van der Waals surface area contributed by atoms with Crippen LogP contribution in [-0.2, 0) is 25.0 Å². The molecule has 0 N–H and O–H groups in total. The van der Waals surface area contributed by atoms with Crippen molar-refractivity contribution in [1.29, 1.82) is 0 Å². The van der Waals surface area contributed by atoms with Gasteiger partial charge in [0.2, 0.25) is 0 Å². The minimum Gasteiger partial charge on any atom is -0.465 e. The highest BCUT2D eigenvalue weighted by atomic mass is 19.4. The molecule has 30 heavy (non-hydrogen) atoms. The number of hydrogen-bond acceptors (Lipinski definition) is 7. The van der Waals surface area contributed by atoms with Gasteiger partial charge in [0.1, 0.15) is 11.3 Å². The average molecular weight is 428 g/mol. The lowest BCUT2D eigenvalue weighted by Crippen LogP contribution is -2.41. The van der Waals surface area contributed by atoms with Gasteiger partial charge in [-0.1, -0.05) is 0 Å². The Labute approximate surface area is 170 Å². The summed E-state index contributed by atoms with van der Waals surface area (Å²) in [5.41, 5.74) is -4.15. The van der Waals surface area contributed by atoms with Gasteiger partial charge < -0.3 is 18.8 Å². The molecule has 3 heterocycles. The number of carbonyl (C=O) groups excluding carboxylic acids is 2. The number of hydrogen-bond donors (Lipinski definition) is 0. The summed E-state index contributed by atoms with van der Waals surface area (Å²) >= 11 is 0. The van der Waals surface area contributed by atoms with Crippen LogP contribution in [0, 0.1) is 0 Å². The number of rotatable bonds is 3. The van der Waals surface area contributed by atoms with Crippen LogP contribution in [0.25, 0.3) is 5.52 Å². The smallest absolute Gasteiger partial charge is 0.465 e. The fourth-order valence-electron chi connectivity index (χ4n) is 3.03. The quantitative estimate of drug-likeness (QED) is 0.547. The zero-order chi connectivity index (χ0) is 22.6. The molecule has 1 aliphatic heterocycles. The molecule has 1 aliphatic rings. The number of pyridine rings is 1. The number of ether oxygens (including phenoxy) is 2. The fourth-order valence-corrected chi connectivity index (χ4v) is 3.03. The van der Waals surface area contributed by atoms with E-state index in [9.17, 15) is 22.8 Å². The molecule has 2 aromatic heterocycles. The van der Waals surface area contributed by atoms with Gasteiger partial charge in [0.25, 0.3) is 0 Å². The van der Waals surface area contributed by atoms with Crippen LogP contribution in [0.4, 0.5) is 13.2 Å². The van der Waals surface area contributed by atoms with Crippen molar-refractivity contribution in [2.24, 2.45) is 0 Å². The number of carbonyl (C=O) groups is 2. The van der Waals surface area contributed by atoms with Crippen LogP contribution in [-0.4, -0.2) is 54.1 Å². The lowest BCUT2D eigenvalue weighted by Gasteiger charge is -2.32. The van der Waals surface area contributed by atoms with Crippen LogP contribution < -0.4 is 5.46 Å². The first-order valence-corrected chi connectivity index (χ1v) is 8.89. The zero-order valence-corrected chi connectivity index (χ0v) is 17.2. The van der Waals surface area contributed by atoms with E-state index in [1.165, 1.54) is 6.07 Å². The van der Waals surface area contributed by atoms with Crippen molar-refractivity contribution < 1.29 is 41.5 Å². The van der Waals surface area contributed by atoms with Crippen molar-refractivity contribution in [3.8, 4) is 0 Å².